The van der Waals surface area contributed by atoms with Crippen LogP contribution >= 0.6 is 0 Å². The monoisotopic (exact) mass is 519 g/mol. The Morgan fingerprint density at radius 1 is 0.865 bits per heavy atom. The number of unbranched alkanes of at least 4 members (excludes halogenated alkanes) is 9. The highest BCUT2D eigenvalue weighted by atomic mass is 16.6. The van der Waals surface area contributed by atoms with Crippen molar-refractivity contribution in [3.8, 4) is 0 Å². The molecule has 1 aliphatic rings. The summed E-state index contributed by atoms with van der Waals surface area (Å²) in [5.74, 6) is -0.223. The Kier molecular flexibility index (Phi) is 16.8. The Balaban J connectivity index is 1.92. The summed E-state index contributed by atoms with van der Waals surface area (Å²) < 4.78 is 14.3. The van der Waals surface area contributed by atoms with Gasteiger partial charge in [-0.05, 0) is 58.3 Å². The minimum absolute atomic E-state index is 0.00449. The fourth-order valence-corrected chi connectivity index (χ4v) is 5.49. The molecule has 0 spiro atoms. The Bertz CT molecular complexity index is 707. The van der Waals surface area contributed by atoms with Crippen LogP contribution in [0.4, 0.5) is 0 Å². The van der Waals surface area contributed by atoms with E-state index < -0.39 is 0 Å². The van der Waals surface area contributed by atoms with Crippen molar-refractivity contribution in [3.05, 3.63) is 11.4 Å². The van der Waals surface area contributed by atoms with E-state index in [-0.39, 0.29) is 24.8 Å². The fourth-order valence-electron chi connectivity index (χ4n) is 5.49. The summed E-state index contributed by atoms with van der Waals surface area (Å²) in [7, 11) is 0. The highest BCUT2D eigenvalue weighted by molar-refractivity contribution is 5.70. The first-order chi connectivity index (χ1) is 18.1. The van der Waals surface area contributed by atoms with Crippen molar-refractivity contribution < 1.29 is 14.3 Å². The molecular weight excluding hydrogens is 462 g/mol. The SMILES string of the molecule is CCCCCCCC(CCCCCCC)OC(=O)COC1CCCCCc2c1nnn2C(C)CCCC. The van der Waals surface area contributed by atoms with Gasteiger partial charge in [0.1, 0.15) is 24.5 Å². The molecule has 0 saturated heterocycles. The van der Waals surface area contributed by atoms with Crippen LogP contribution in [0.15, 0.2) is 0 Å². The summed E-state index contributed by atoms with van der Waals surface area (Å²) in [6.45, 7) is 8.96. The number of hydrogen-bond acceptors (Lipinski definition) is 5. The summed E-state index contributed by atoms with van der Waals surface area (Å²) in [4.78, 5) is 12.9. The van der Waals surface area contributed by atoms with Gasteiger partial charge in [-0.25, -0.2) is 9.48 Å². The topological polar surface area (TPSA) is 66.2 Å². The van der Waals surface area contributed by atoms with Crippen molar-refractivity contribution in [2.45, 2.75) is 174 Å². The molecule has 0 fully saturated rings. The van der Waals surface area contributed by atoms with Gasteiger partial charge in [0.05, 0.1) is 11.7 Å². The Labute approximate surface area is 227 Å². The molecule has 0 N–H and O–H groups in total. The average molecular weight is 520 g/mol. The van der Waals surface area contributed by atoms with Crippen LogP contribution in [-0.2, 0) is 20.7 Å². The maximum atomic E-state index is 12.9. The Morgan fingerprint density at radius 3 is 2.16 bits per heavy atom. The zero-order valence-electron chi connectivity index (χ0n) is 24.6. The van der Waals surface area contributed by atoms with Crippen molar-refractivity contribution in [2.75, 3.05) is 6.61 Å². The second kappa shape index (κ2) is 19.6. The lowest BCUT2D eigenvalue weighted by Crippen LogP contribution is -2.23. The number of ether oxygens (including phenoxy) is 2. The molecule has 37 heavy (non-hydrogen) atoms. The van der Waals surface area contributed by atoms with Crippen LogP contribution in [0.2, 0.25) is 0 Å². The molecule has 0 aliphatic heterocycles. The number of hydrogen-bond donors (Lipinski definition) is 0. The number of rotatable bonds is 20. The van der Waals surface area contributed by atoms with E-state index in [0.29, 0.717) is 6.04 Å². The smallest absolute Gasteiger partial charge is 0.332 e. The van der Waals surface area contributed by atoms with Gasteiger partial charge in [0, 0.05) is 0 Å². The van der Waals surface area contributed by atoms with Crippen LogP contribution < -0.4 is 0 Å². The van der Waals surface area contributed by atoms with E-state index in [4.69, 9.17) is 9.47 Å². The van der Waals surface area contributed by atoms with Crippen LogP contribution in [0.1, 0.15) is 173 Å². The molecule has 0 bridgehead atoms. The first-order valence-electron chi connectivity index (χ1n) is 15.9. The lowest BCUT2D eigenvalue weighted by molar-refractivity contribution is -0.157. The number of esters is 1. The fraction of sp³-hybridized carbons (Fsp3) is 0.903. The molecular formula is C31H57N3O3. The highest BCUT2D eigenvalue weighted by Gasteiger charge is 2.27. The quantitative estimate of drug-likeness (QED) is 0.127. The third kappa shape index (κ3) is 12.3. The highest BCUT2D eigenvalue weighted by Crippen LogP contribution is 2.31. The molecule has 2 unspecified atom stereocenters. The van der Waals surface area contributed by atoms with E-state index in [1.165, 1.54) is 76.3 Å². The zero-order chi connectivity index (χ0) is 26.7. The predicted molar refractivity (Wildman–Crippen MR) is 152 cm³/mol. The first-order valence-corrected chi connectivity index (χ1v) is 15.9. The van der Waals surface area contributed by atoms with Gasteiger partial charge in [-0.15, -0.1) is 5.10 Å². The van der Waals surface area contributed by atoms with Gasteiger partial charge in [0.25, 0.3) is 0 Å². The maximum absolute atomic E-state index is 12.9. The summed E-state index contributed by atoms with van der Waals surface area (Å²) in [6.07, 6.45) is 23.0. The van der Waals surface area contributed by atoms with Gasteiger partial charge >= 0.3 is 5.97 Å². The van der Waals surface area contributed by atoms with Gasteiger partial charge in [-0.3, -0.25) is 0 Å². The summed E-state index contributed by atoms with van der Waals surface area (Å²) >= 11 is 0. The predicted octanol–water partition coefficient (Wildman–Crippen LogP) is 8.84. The maximum Gasteiger partial charge on any atom is 0.332 e. The molecule has 1 aromatic heterocycles. The van der Waals surface area contributed by atoms with Crippen molar-refractivity contribution in [1.29, 1.82) is 0 Å². The Hall–Kier alpha value is -1.43. The van der Waals surface area contributed by atoms with Crippen LogP contribution in [-0.4, -0.2) is 33.7 Å². The lowest BCUT2D eigenvalue weighted by Gasteiger charge is -2.22. The van der Waals surface area contributed by atoms with Crippen molar-refractivity contribution in [1.82, 2.24) is 15.0 Å². The van der Waals surface area contributed by atoms with Gasteiger partial charge in [-0.1, -0.05) is 103 Å². The number of aromatic nitrogens is 3. The molecule has 214 valence electrons. The number of carbonyl (C=O) groups excluding carboxylic acids is 1. The molecule has 0 aromatic carbocycles. The molecule has 0 saturated carbocycles. The largest absolute Gasteiger partial charge is 0.461 e. The average Bonchev–Trinajstić information content (AvgIpc) is 3.29. The third-order valence-corrected chi connectivity index (χ3v) is 7.86. The zero-order valence-corrected chi connectivity index (χ0v) is 24.6. The minimum atomic E-state index is -0.223. The molecule has 2 rings (SSSR count). The number of fused-ring (bicyclic) bond motifs is 1. The molecule has 6 heteroatoms. The molecule has 2 atom stereocenters. The van der Waals surface area contributed by atoms with Crippen LogP contribution in [0, 0.1) is 0 Å². The van der Waals surface area contributed by atoms with E-state index in [1.807, 2.05) is 0 Å². The third-order valence-electron chi connectivity index (χ3n) is 7.86. The molecule has 1 aromatic rings. The molecule has 1 aliphatic carbocycles. The second-order valence-corrected chi connectivity index (χ2v) is 11.3. The van der Waals surface area contributed by atoms with E-state index >= 15 is 0 Å². The summed E-state index contributed by atoms with van der Waals surface area (Å²) in [5, 5.41) is 9.11. The normalized spacial score (nSPS) is 16.8. The van der Waals surface area contributed by atoms with E-state index in [0.717, 1.165) is 63.5 Å². The molecule has 0 amide bonds. The van der Waals surface area contributed by atoms with E-state index in [1.54, 1.807) is 0 Å². The van der Waals surface area contributed by atoms with Gasteiger partial charge in [-0.2, -0.15) is 0 Å². The summed E-state index contributed by atoms with van der Waals surface area (Å²) in [5.41, 5.74) is 2.15. The second-order valence-electron chi connectivity index (χ2n) is 11.3. The van der Waals surface area contributed by atoms with E-state index in [9.17, 15) is 4.79 Å². The van der Waals surface area contributed by atoms with Crippen LogP contribution in [0.5, 0.6) is 0 Å². The van der Waals surface area contributed by atoms with E-state index in [2.05, 4.69) is 42.7 Å². The minimum Gasteiger partial charge on any atom is -0.461 e. The number of nitrogens with zero attached hydrogens (tertiary/aromatic N) is 3. The summed E-state index contributed by atoms with van der Waals surface area (Å²) in [6, 6.07) is 0.344. The van der Waals surface area contributed by atoms with Crippen LogP contribution in [0.25, 0.3) is 0 Å². The Morgan fingerprint density at radius 2 is 1.51 bits per heavy atom. The number of carbonyl (C=O) groups is 1. The standard InChI is InChI=1S/C31H57N3O3/c1-5-8-11-13-16-21-27(22-17-14-12-9-6-2)37-30(35)25-36-29-24-19-15-18-23-28-31(29)32-33-34(28)26(4)20-10-7-3/h26-27,29H,5-25H2,1-4H3. The van der Waals surface area contributed by atoms with Gasteiger partial charge < -0.3 is 9.47 Å². The van der Waals surface area contributed by atoms with Crippen molar-refractivity contribution in [3.63, 3.8) is 0 Å². The first kappa shape index (κ1) is 31.8. The molecule has 0 radical (unpaired) electrons. The van der Waals surface area contributed by atoms with Gasteiger partial charge in [0.15, 0.2) is 0 Å². The lowest BCUT2D eigenvalue weighted by atomic mass is 9.98. The van der Waals surface area contributed by atoms with Gasteiger partial charge in [0.2, 0.25) is 0 Å². The molecule has 1 heterocycles. The van der Waals surface area contributed by atoms with Crippen molar-refractivity contribution >= 4 is 5.97 Å². The molecule has 6 nitrogen and oxygen atoms in total. The van der Waals surface area contributed by atoms with Crippen LogP contribution in [0.3, 0.4) is 0 Å². The van der Waals surface area contributed by atoms with Crippen molar-refractivity contribution in [2.24, 2.45) is 0 Å².